The van der Waals surface area contributed by atoms with Crippen molar-refractivity contribution in [1.82, 2.24) is 0 Å². The average molecular weight is 348 g/mol. The largest absolute Gasteiger partial charge is 0.461 e. The van der Waals surface area contributed by atoms with E-state index in [1.165, 1.54) is 7.11 Å². The highest BCUT2D eigenvalue weighted by atomic mass is 16.5. The zero-order valence-corrected chi connectivity index (χ0v) is 14.7. The maximum atomic E-state index is 12.2. The van der Waals surface area contributed by atoms with Crippen molar-refractivity contribution in [3.8, 4) is 11.8 Å². The summed E-state index contributed by atoms with van der Waals surface area (Å²) >= 11 is 0. The minimum atomic E-state index is -0.693. The Morgan fingerprint density at radius 3 is 2.28 bits per heavy atom. The fourth-order valence-corrected chi connectivity index (χ4v) is 2.55. The van der Waals surface area contributed by atoms with Crippen molar-refractivity contribution >= 4 is 17.9 Å². The Balaban J connectivity index is 2.53. The van der Waals surface area contributed by atoms with Crippen LogP contribution in [0.5, 0.6) is 0 Å². The lowest BCUT2D eigenvalue weighted by molar-refractivity contribution is -0.161. The molecule has 1 fully saturated rings. The molecule has 0 heterocycles. The van der Waals surface area contributed by atoms with Gasteiger partial charge in [-0.2, -0.15) is 0 Å². The summed E-state index contributed by atoms with van der Waals surface area (Å²) in [5.41, 5.74) is 0. The Bertz CT molecular complexity index is 578. The van der Waals surface area contributed by atoms with E-state index in [4.69, 9.17) is 9.47 Å². The molecule has 136 valence electrons. The van der Waals surface area contributed by atoms with Gasteiger partial charge in [-0.15, -0.1) is 0 Å². The molecule has 0 bridgehead atoms. The highest BCUT2D eigenvalue weighted by Crippen LogP contribution is 2.32. The predicted octanol–water partition coefficient (Wildman–Crippen LogP) is 2.19. The second-order valence-electron chi connectivity index (χ2n) is 5.48. The molecule has 0 radical (unpaired) electrons. The Morgan fingerprint density at radius 2 is 1.68 bits per heavy atom. The first-order chi connectivity index (χ1) is 12.1. The Labute approximate surface area is 148 Å². The van der Waals surface area contributed by atoms with E-state index in [1.807, 2.05) is 19.1 Å². The maximum absolute atomic E-state index is 12.2. The zero-order chi connectivity index (χ0) is 18.5. The van der Waals surface area contributed by atoms with Gasteiger partial charge in [0.15, 0.2) is 6.61 Å². The van der Waals surface area contributed by atoms with Gasteiger partial charge in [0, 0.05) is 5.92 Å². The summed E-state index contributed by atoms with van der Waals surface area (Å²) < 4.78 is 14.6. The van der Waals surface area contributed by atoms with Crippen LogP contribution in [0.2, 0.25) is 0 Å². The third kappa shape index (κ3) is 7.71. The molecule has 6 heteroatoms. The molecule has 2 atom stereocenters. The number of rotatable bonds is 6. The first-order valence-electron chi connectivity index (χ1n) is 8.28. The van der Waals surface area contributed by atoms with Crippen molar-refractivity contribution < 1.29 is 28.6 Å². The molecule has 0 saturated heterocycles. The first kappa shape index (κ1) is 20.5. The summed E-state index contributed by atoms with van der Waals surface area (Å²) in [6.07, 6.45) is 10.1. The van der Waals surface area contributed by atoms with Crippen LogP contribution in [0.15, 0.2) is 24.3 Å². The SMILES string of the molecule is C/C=C/C=C/COC(=O)[C@H]1CCCC[C@@H]1C(=O)OCC#CC(=O)OC. The summed E-state index contributed by atoms with van der Waals surface area (Å²) in [7, 11) is 1.22. The van der Waals surface area contributed by atoms with Gasteiger partial charge in [-0.25, -0.2) is 4.79 Å². The minimum absolute atomic E-state index is 0.173. The molecule has 0 aromatic heterocycles. The van der Waals surface area contributed by atoms with E-state index < -0.39 is 23.8 Å². The topological polar surface area (TPSA) is 78.9 Å². The van der Waals surface area contributed by atoms with Gasteiger partial charge in [0.25, 0.3) is 0 Å². The fraction of sp³-hybridized carbons (Fsp3) is 0.526. The van der Waals surface area contributed by atoms with Crippen LogP contribution in [0, 0.1) is 23.7 Å². The van der Waals surface area contributed by atoms with Crippen LogP contribution in [0.3, 0.4) is 0 Å². The Hall–Kier alpha value is -2.55. The van der Waals surface area contributed by atoms with Gasteiger partial charge < -0.3 is 14.2 Å². The lowest BCUT2D eigenvalue weighted by Gasteiger charge is -2.27. The molecule has 0 unspecified atom stereocenters. The standard InChI is InChI=1S/C19H24O6/c1-3-4-5-8-13-24-18(21)15-10-6-7-11-16(15)19(22)25-14-9-12-17(20)23-2/h3-5,8,15-16H,6-7,10-11,13-14H2,1-2H3/b4-3+,8-5+/t15-,16-/m0/s1. The van der Waals surface area contributed by atoms with Crippen LogP contribution in [-0.4, -0.2) is 38.2 Å². The highest BCUT2D eigenvalue weighted by Gasteiger charge is 2.37. The molecule has 1 saturated carbocycles. The maximum Gasteiger partial charge on any atom is 0.384 e. The zero-order valence-electron chi connectivity index (χ0n) is 14.7. The number of hydrogen-bond acceptors (Lipinski definition) is 6. The van der Waals surface area contributed by atoms with E-state index in [-0.39, 0.29) is 19.2 Å². The van der Waals surface area contributed by atoms with Crippen molar-refractivity contribution in [2.24, 2.45) is 11.8 Å². The summed E-state index contributed by atoms with van der Waals surface area (Å²) in [4.78, 5) is 35.3. The molecule has 6 nitrogen and oxygen atoms in total. The molecule has 25 heavy (non-hydrogen) atoms. The summed E-state index contributed by atoms with van der Waals surface area (Å²) in [6, 6.07) is 0. The van der Waals surface area contributed by atoms with Crippen LogP contribution in [-0.2, 0) is 28.6 Å². The van der Waals surface area contributed by atoms with Crippen LogP contribution in [0.1, 0.15) is 32.6 Å². The van der Waals surface area contributed by atoms with Gasteiger partial charge >= 0.3 is 17.9 Å². The number of allylic oxidation sites excluding steroid dienone is 3. The Morgan fingerprint density at radius 1 is 1.04 bits per heavy atom. The van der Waals surface area contributed by atoms with Gasteiger partial charge in [0.1, 0.15) is 6.61 Å². The van der Waals surface area contributed by atoms with E-state index >= 15 is 0 Å². The van der Waals surface area contributed by atoms with E-state index in [0.29, 0.717) is 12.8 Å². The van der Waals surface area contributed by atoms with Crippen LogP contribution in [0.4, 0.5) is 0 Å². The first-order valence-corrected chi connectivity index (χ1v) is 8.28. The van der Waals surface area contributed by atoms with Crippen molar-refractivity contribution in [1.29, 1.82) is 0 Å². The molecule has 0 aromatic rings. The fourth-order valence-electron chi connectivity index (χ4n) is 2.55. The van der Waals surface area contributed by atoms with Gasteiger partial charge in [-0.05, 0) is 31.8 Å². The number of hydrogen-bond donors (Lipinski definition) is 0. The molecule has 0 aromatic carbocycles. The molecule has 0 spiro atoms. The van der Waals surface area contributed by atoms with E-state index in [0.717, 1.165) is 12.8 Å². The molecule has 0 N–H and O–H groups in total. The van der Waals surface area contributed by atoms with Crippen LogP contribution >= 0.6 is 0 Å². The third-order valence-electron chi connectivity index (χ3n) is 3.80. The molecule has 0 aliphatic heterocycles. The predicted molar refractivity (Wildman–Crippen MR) is 91.1 cm³/mol. The van der Waals surface area contributed by atoms with Gasteiger partial charge in [0.05, 0.1) is 18.9 Å². The molecule has 0 amide bonds. The Kier molecular flexibility index (Phi) is 9.76. The van der Waals surface area contributed by atoms with Crippen LogP contribution < -0.4 is 0 Å². The van der Waals surface area contributed by atoms with E-state index in [1.54, 1.807) is 12.2 Å². The highest BCUT2D eigenvalue weighted by molar-refractivity contribution is 5.88. The second kappa shape index (κ2) is 11.9. The molecule has 1 aliphatic rings. The number of methoxy groups -OCH3 is 1. The van der Waals surface area contributed by atoms with E-state index in [2.05, 4.69) is 16.6 Å². The van der Waals surface area contributed by atoms with Crippen molar-refractivity contribution in [3.05, 3.63) is 24.3 Å². The number of ether oxygens (including phenoxy) is 3. The summed E-state index contributed by atoms with van der Waals surface area (Å²) in [6.45, 7) is 1.86. The quantitative estimate of drug-likeness (QED) is 0.241. The number of carbonyl (C=O) groups excluding carboxylic acids is 3. The smallest absolute Gasteiger partial charge is 0.384 e. The summed E-state index contributed by atoms with van der Waals surface area (Å²) in [5, 5.41) is 0. The third-order valence-corrected chi connectivity index (χ3v) is 3.80. The lowest BCUT2D eigenvalue weighted by Crippen LogP contribution is -2.35. The molecule has 1 aliphatic carbocycles. The summed E-state index contributed by atoms with van der Waals surface area (Å²) in [5.74, 6) is 2.00. The number of esters is 3. The van der Waals surface area contributed by atoms with Crippen molar-refractivity contribution in [2.45, 2.75) is 32.6 Å². The minimum Gasteiger partial charge on any atom is -0.461 e. The normalized spacial score (nSPS) is 19.9. The molecule has 1 rings (SSSR count). The van der Waals surface area contributed by atoms with Gasteiger partial charge in [-0.1, -0.05) is 31.1 Å². The lowest BCUT2D eigenvalue weighted by atomic mass is 9.79. The monoisotopic (exact) mass is 348 g/mol. The van der Waals surface area contributed by atoms with Crippen molar-refractivity contribution in [3.63, 3.8) is 0 Å². The molecular formula is C19H24O6. The van der Waals surface area contributed by atoms with E-state index in [9.17, 15) is 14.4 Å². The van der Waals surface area contributed by atoms with Gasteiger partial charge in [0.2, 0.25) is 0 Å². The van der Waals surface area contributed by atoms with Crippen LogP contribution in [0.25, 0.3) is 0 Å². The molecular weight excluding hydrogens is 324 g/mol. The average Bonchev–Trinajstić information content (AvgIpc) is 2.64. The second-order valence-corrected chi connectivity index (χ2v) is 5.48. The van der Waals surface area contributed by atoms with Crippen molar-refractivity contribution in [2.75, 3.05) is 20.3 Å². The number of carbonyl (C=O) groups is 3. The van der Waals surface area contributed by atoms with Gasteiger partial charge in [-0.3, -0.25) is 9.59 Å².